The van der Waals surface area contributed by atoms with Gasteiger partial charge in [-0.25, -0.2) is 0 Å². The van der Waals surface area contributed by atoms with E-state index in [9.17, 15) is 29.8 Å². The monoisotopic (exact) mass is 536 g/mol. The molecule has 0 heterocycles. The average molecular weight is 537 g/mol. The van der Waals surface area contributed by atoms with E-state index in [0.717, 1.165) is 18.6 Å². The van der Waals surface area contributed by atoms with Gasteiger partial charge in [0, 0.05) is 34.8 Å². The van der Waals surface area contributed by atoms with Gasteiger partial charge in [-0.05, 0) is 54.4 Å². The summed E-state index contributed by atoms with van der Waals surface area (Å²) in [6.45, 7) is 6.26. The summed E-state index contributed by atoms with van der Waals surface area (Å²) in [6.07, 6.45) is 1.84. The van der Waals surface area contributed by atoms with Crippen LogP contribution < -0.4 is 10.6 Å². The molecule has 0 bridgehead atoms. The van der Waals surface area contributed by atoms with E-state index in [2.05, 4.69) is 10.6 Å². The number of nitrogens with zero attached hydrogens (tertiary/aromatic N) is 2. The number of rotatable bonds is 7. The summed E-state index contributed by atoms with van der Waals surface area (Å²) >= 11 is 11.7. The molecular formula is C24H26Cl2N4O6. The van der Waals surface area contributed by atoms with Crippen LogP contribution in [-0.4, -0.2) is 34.2 Å². The normalized spacial score (nSPS) is 20.9. The summed E-state index contributed by atoms with van der Waals surface area (Å²) in [4.78, 5) is 47.2. The zero-order valence-electron chi connectivity index (χ0n) is 20.0. The first-order chi connectivity index (χ1) is 16.7. The lowest BCUT2D eigenvalue weighted by Crippen LogP contribution is -2.50. The van der Waals surface area contributed by atoms with Gasteiger partial charge in [-0.2, -0.15) is 0 Å². The van der Waals surface area contributed by atoms with Crippen LogP contribution in [0.5, 0.6) is 0 Å². The molecule has 2 atom stereocenters. The fourth-order valence-electron chi connectivity index (χ4n) is 5.22. The molecule has 3 rings (SSSR count). The van der Waals surface area contributed by atoms with Crippen molar-refractivity contribution >= 4 is 46.4 Å². The van der Waals surface area contributed by atoms with E-state index < -0.39 is 27.1 Å². The highest BCUT2D eigenvalue weighted by atomic mass is 35.5. The number of hydrogen-bond acceptors (Lipinski definition) is 6. The first kappa shape index (κ1) is 27.3. The molecule has 36 heavy (non-hydrogen) atoms. The number of halogens is 2. The molecule has 192 valence electrons. The number of amides is 2. The Bertz CT molecular complexity index is 1240. The number of carbonyl (C=O) groups is 2. The van der Waals surface area contributed by atoms with Crippen molar-refractivity contribution in [1.82, 2.24) is 10.6 Å². The van der Waals surface area contributed by atoms with E-state index in [-0.39, 0.29) is 50.5 Å². The third-order valence-corrected chi connectivity index (χ3v) is 6.73. The Morgan fingerprint density at radius 3 is 1.92 bits per heavy atom. The topological polar surface area (TPSA) is 144 Å². The van der Waals surface area contributed by atoms with Crippen LogP contribution >= 0.6 is 23.2 Å². The van der Waals surface area contributed by atoms with Crippen LogP contribution in [0.3, 0.4) is 0 Å². The minimum Gasteiger partial charge on any atom is -0.351 e. The van der Waals surface area contributed by atoms with Crippen LogP contribution in [0, 0.1) is 31.1 Å². The molecule has 2 unspecified atom stereocenters. The van der Waals surface area contributed by atoms with Crippen LogP contribution in [0.25, 0.3) is 0 Å². The van der Waals surface area contributed by atoms with Gasteiger partial charge in [-0.3, -0.25) is 29.8 Å². The number of nitro groups is 2. The van der Waals surface area contributed by atoms with E-state index in [1.54, 1.807) is 0 Å². The van der Waals surface area contributed by atoms with Gasteiger partial charge in [0.15, 0.2) is 0 Å². The Morgan fingerprint density at radius 1 is 0.917 bits per heavy atom. The summed E-state index contributed by atoms with van der Waals surface area (Å²) < 4.78 is 0. The van der Waals surface area contributed by atoms with E-state index in [1.807, 2.05) is 20.8 Å². The van der Waals surface area contributed by atoms with E-state index >= 15 is 0 Å². The molecule has 0 aliphatic heterocycles. The number of hydrogen-bond donors (Lipinski definition) is 2. The maximum atomic E-state index is 12.9. The number of carbonyl (C=O) groups excluding carboxylic acids is 2. The van der Waals surface area contributed by atoms with Gasteiger partial charge in [-0.15, -0.1) is 0 Å². The van der Waals surface area contributed by atoms with Crippen molar-refractivity contribution in [2.24, 2.45) is 10.8 Å². The molecule has 0 saturated heterocycles. The number of benzene rings is 2. The smallest absolute Gasteiger partial charge is 0.283 e. The minimum atomic E-state index is -0.659. The van der Waals surface area contributed by atoms with Crippen molar-refractivity contribution < 1.29 is 19.4 Å². The van der Waals surface area contributed by atoms with E-state index in [0.29, 0.717) is 12.8 Å². The highest BCUT2D eigenvalue weighted by Gasteiger charge is 2.42. The predicted octanol–water partition coefficient (Wildman–Crippen LogP) is 5.55. The second-order valence-corrected chi connectivity index (χ2v) is 11.1. The van der Waals surface area contributed by atoms with Crippen molar-refractivity contribution in [2.45, 2.75) is 46.1 Å². The maximum absolute atomic E-state index is 12.9. The van der Waals surface area contributed by atoms with Crippen molar-refractivity contribution in [3.8, 4) is 0 Å². The van der Waals surface area contributed by atoms with Crippen LogP contribution in [0.1, 0.15) is 60.7 Å². The summed E-state index contributed by atoms with van der Waals surface area (Å²) in [5.74, 6) is -1.18. The fourth-order valence-corrected chi connectivity index (χ4v) is 5.55. The Labute approximate surface area is 217 Å². The van der Waals surface area contributed by atoms with Crippen molar-refractivity contribution in [3.63, 3.8) is 0 Å². The van der Waals surface area contributed by atoms with Gasteiger partial charge in [0.25, 0.3) is 23.2 Å². The quantitative estimate of drug-likeness (QED) is 0.350. The van der Waals surface area contributed by atoms with Crippen LogP contribution in [0.2, 0.25) is 10.0 Å². The second-order valence-electron chi connectivity index (χ2n) is 10.3. The van der Waals surface area contributed by atoms with Gasteiger partial charge >= 0.3 is 0 Å². The number of nitro benzene ring substituents is 2. The molecule has 1 aliphatic carbocycles. The molecule has 1 aliphatic rings. The molecule has 1 saturated carbocycles. The molecule has 0 radical (unpaired) electrons. The summed E-state index contributed by atoms with van der Waals surface area (Å²) in [7, 11) is 0. The van der Waals surface area contributed by atoms with E-state index in [4.69, 9.17) is 23.2 Å². The molecule has 2 amide bonds. The molecule has 0 spiro atoms. The molecule has 0 aromatic heterocycles. The second kappa shape index (κ2) is 10.4. The Kier molecular flexibility index (Phi) is 7.90. The van der Waals surface area contributed by atoms with Gasteiger partial charge in [0.05, 0.1) is 9.85 Å². The summed E-state index contributed by atoms with van der Waals surface area (Å²) in [5.41, 5.74) is -1.62. The third kappa shape index (κ3) is 6.50. The molecule has 2 aromatic carbocycles. The zero-order valence-corrected chi connectivity index (χ0v) is 21.5. The Balaban J connectivity index is 1.75. The first-order valence-corrected chi connectivity index (χ1v) is 11.9. The van der Waals surface area contributed by atoms with Crippen LogP contribution in [-0.2, 0) is 0 Å². The molecule has 2 N–H and O–H groups in total. The molecule has 12 heteroatoms. The Morgan fingerprint density at radius 2 is 1.42 bits per heavy atom. The lowest BCUT2D eigenvalue weighted by atomic mass is 9.62. The number of nitrogens with one attached hydrogen (secondary N) is 2. The molecule has 10 nitrogen and oxygen atoms in total. The minimum absolute atomic E-state index is 0.0853. The van der Waals surface area contributed by atoms with Crippen molar-refractivity contribution in [1.29, 1.82) is 0 Å². The van der Waals surface area contributed by atoms with Crippen molar-refractivity contribution in [3.05, 3.63) is 77.8 Å². The highest BCUT2D eigenvalue weighted by molar-refractivity contribution is 6.31. The maximum Gasteiger partial charge on any atom is 0.283 e. The SMILES string of the molecule is CC1(C)CC(NC(=O)c2ccc(Cl)cc2[N+](=O)[O-])CC(C)(CNC(=O)c2ccc(Cl)cc2[N+](=O)[O-])C1. The third-order valence-electron chi connectivity index (χ3n) is 6.26. The largest absolute Gasteiger partial charge is 0.351 e. The van der Waals surface area contributed by atoms with Crippen molar-refractivity contribution in [2.75, 3.05) is 6.54 Å². The summed E-state index contributed by atoms with van der Waals surface area (Å²) in [6, 6.07) is 7.41. The van der Waals surface area contributed by atoms with E-state index in [1.165, 1.54) is 24.3 Å². The van der Waals surface area contributed by atoms with Gasteiger partial charge in [-0.1, -0.05) is 44.0 Å². The predicted molar refractivity (Wildman–Crippen MR) is 136 cm³/mol. The highest BCUT2D eigenvalue weighted by Crippen LogP contribution is 2.46. The van der Waals surface area contributed by atoms with Gasteiger partial charge in [0.2, 0.25) is 0 Å². The first-order valence-electron chi connectivity index (χ1n) is 11.2. The zero-order chi connectivity index (χ0) is 26.8. The van der Waals surface area contributed by atoms with Crippen LogP contribution in [0.4, 0.5) is 11.4 Å². The molecular weight excluding hydrogens is 511 g/mol. The van der Waals surface area contributed by atoms with Crippen LogP contribution in [0.15, 0.2) is 36.4 Å². The fraction of sp³-hybridized carbons (Fsp3) is 0.417. The Hall–Kier alpha value is -3.24. The van der Waals surface area contributed by atoms with Gasteiger partial charge < -0.3 is 10.6 Å². The molecule has 1 fully saturated rings. The standard InChI is InChI=1S/C24H26Cl2N4O6/c1-23(2)10-16(28-22(32)18-7-5-15(26)9-20(18)30(35)36)11-24(3,12-23)13-27-21(31)17-6-4-14(25)8-19(17)29(33)34/h4-9,16H,10-13H2,1-3H3,(H,27,31)(H,28,32). The summed E-state index contributed by atoms with van der Waals surface area (Å²) in [5, 5.41) is 28.8. The van der Waals surface area contributed by atoms with Gasteiger partial charge in [0.1, 0.15) is 11.1 Å². The lowest BCUT2D eigenvalue weighted by Gasteiger charge is -2.47. The molecule has 2 aromatic rings. The lowest BCUT2D eigenvalue weighted by molar-refractivity contribution is -0.385. The average Bonchev–Trinajstić information content (AvgIpc) is 2.75.